The molecule has 1 heteroatoms. The van der Waals surface area contributed by atoms with Crippen molar-refractivity contribution in [1.82, 2.24) is 0 Å². The van der Waals surface area contributed by atoms with E-state index in [1.807, 2.05) is 0 Å². The molecule has 1 atom stereocenters. The molecule has 0 aromatic heterocycles. The van der Waals surface area contributed by atoms with E-state index in [0.717, 1.165) is 12.5 Å². The van der Waals surface area contributed by atoms with Crippen molar-refractivity contribution in [3.05, 3.63) is 0 Å². The molecule has 0 amide bonds. The Labute approximate surface area is 77.5 Å². The maximum absolute atomic E-state index is 5.10. The Kier molecular flexibility index (Phi) is 9.02. The SMILES string of the molecule is CCCCC(CCC)CCOC. The van der Waals surface area contributed by atoms with Gasteiger partial charge in [-0.25, -0.2) is 0 Å². The molecule has 0 aliphatic heterocycles. The molecule has 12 heavy (non-hydrogen) atoms. The normalized spacial score (nSPS) is 13.2. The zero-order valence-corrected chi connectivity index (χ0v) is 8.94. The average Bonchev–Trinajstić information content (AvgIpc) is 2.10. The van der Waals surface area contributed by atoms with E-state index in [9.17, 15) is 0 Å². The summed E-state index contributed by atoms with van der Waals surface area (Å²) in [6.07, 6.45) is 8.06. The third kappa shape index (κ3) is 6.66. The van der Waals surface area contributed by atoms with Crippen LogP contribution in [0.5, 0.6) is 0 Å². The fraction of sp³-hybridized carbons (Fsp3) is 1.00. The van der Waals surface area contributed by atoms with Crippen molar-refractivity contribution in [2.75, 3.05) is 13.7 Å². The van der Waals surface area contributed by atoms with Gasteiger partial charge in [-0.05, 0) is 12.3 Å². The van der Waals surface area contributed by atoms with Crippen LogP contribution in [0.25, 0.3) is 0 Å². The van der Waals surface area contributed by atoms with E-state index < -0.39 is 0 Å². The van der Waals surface area contributed by atoms with Gasteiger partial charge in [0.15, 0.2) is 0 Å². The second-order valence-electron chi connectivity index (χ2n) is 3.58. The number of hydrogen-bond acceptors (Lipinski definition) is 1. The molecular weight excluding hydrogens is 148 g/mol. The summed E-state index contributed by atoms with van der Waals surface area (Å²) in [7, 11) is 1.79. The van der Waals surface area contributed by atoms with Gasteiger partial charge in [-0.3, -0.25) is 0 Å². The highest BCUT2D eigenvalue weighted by molar-refractivity contribution is 4.58. The molecule has 0 heterocycles. The third-order valence-corrected chi connectivity index (χ3v) is 2.39. The van der Waals surface area contributed by atoms with E-state index >= 15 is 0 Å². The fourth-order valence-corrected chi connectivity index (χ4v) is 1.62. The minimum absolute atomic E-state index is 0.912. The molecule has 0 N–H and O–H groups in total. The van der Waals surface area contributed by atoms with Gasteiger partial charge in [0.1, 0.15) is 0 Å². The predicted molar refractivity (Wildman–Crippen MR) is 54.4 cm³/mol. The summed E-state index contributed by atoms with van der Waals surface area (Å²) in [5.41, 5.74) is 0. The van der Waals surface area contributed by atoms with Gasteiger partial charge in [0.25, 0.3) is 0 Å². The smallest absolute Gasteiger partial charge is 0.0464 e. The summed E-state index contributed by atoms with van der Waals surface area (Å²) < 4.78 is 5.10. The van der Waals surface area contributed by atoms with E-state index in [2.05, 4.69) is 13.8 Å². The molecule has 0 aliphatic rings. The summed E-state index contributed by atoms with van der Waals surface area (Å²) in [6.45, 7) is 5.47. The van der Waals surface area contributed by atoms with Crippen LogP contribution < -0.4 is 0 Å². The molecule has 0 fully saturated rings. The zero-order valence-electron chi connectivity index (χ0n) is 8.94. The van der Waals surface area contributed by atoms with E-state index in [-0.39, 0.29) is 0 Å². The van der Waals surface area contributed by atoms with Gasteiger partial charge >= 0.3 is 0 Å². The van der Waals surface area contributed by atoms with E-state index in [1.165, 1.54) is 38.5 Å². The summed E-state index contributed by atoms with van der Waals surface area (Å²) in [5, 5.41) is 0. The Morgan fingerprint density at radius 2 is 1.75 bits per heavy atom. The van der Waals surface area contributed by atoms with Crippen LogP contribution in [0.4, 0.5) is 0 Å². The molecule has 0 saturated heterocycles. The van der Waals surface area contributed by atoms with Gasteiger partial charge < -0.3 is 4.74 Å². The van der Waals surface area contributed by atoms with Crippen molar-refractivity contribution in [2.24, 2.45) is 5.92 Å². The average molecular weight is 172 g/mol. The number of ether oxygens (including phenoxy) is 1. The minimum Gasteiger partial charge on any atom is -0.385 e. The van der Waals surface area contributed by atoms with Crippen molar-refractivity contribution in [2.45, 2.75) is 52.4 Å². The largest absolute Gasteiger partial charge is 0.385 e. The fourth-order valence-electron chi connectivity index (χ4n) is 1.62. The Hall–Kier alpha value is -0.0400. The molecule has 0 aliphatic carbocycles. The zero-order chi connectivity index (χ0) is 9.23. The lowest BCUT2D eigenvalue weighted by Gasteiger charge is -2.14. The summed E-state index contributed by atoms with van der Waals surface area (Å²) in [4.78, 5) is 0. The Balaban J connectivity index is 3.40. The van der Waals surface area contributed by atoms with Crippen molar-refractivity contribution in [1.29, 1.82) is 0 Å². The topological polar surface area (TPSA) is 9.23 Å². The molecule has 1 nitrogen and oxygen atoms in total. The second kappa shape index (κ2) is 9.05. The first kappa shape index (κ1) is 12.0. The van der Waals surface area contributed by atoms with Crippen LogP contribution in [0.2, 0.25) is 0 Å². The molecule has 1 unspecified atom stereocenters. The quantitative estimate of drug-likeness (QED) is 0.543. The highest BCUT2D eigenvalue weighted by atomic mass is 16.5. The number of hydrogen-bond donors (Lipinski definition) is 0. The molecule has 0 radical (unpaired) electrons. The van der Waals surface area contributed by atoms with Crippen molar-refractivity contribution < 1.29 is 4.74 Å². The van der Waals surface area contributed by atoms with Gasteiger partial charge in [0.2, 0.25) is 0 Å². The summed E-state index contributed by atoms with van der Waals surface area (Å²) >= 11 is 0. The number of rotatable bonds is 8. The van der Waals surface area contributed by atoms with E-state index in [0.29, 0.717) is 0 Å². The lowest BCUT2D eigenvalue weighted by Crippen LogP contribution is -2.04. The Bertz CT molecular complexity index is 73.1. The lowest BCUT2D eigenvalue weighted by atomic mass is 9.94. The highest BCUT2D eigenvalue weighted by Crippen LogP contribution is 2.18. The predicted octanol–water partition coefficient (Wildman–Crippen LogP) is 3.63. The van der Waals surface area contributed by atoms with Gasteiger partial charge in [-0.1, -0.05) is 46.0 Å². The van der Waals surface area contributed by atoms with Crippen molar-refractivity contribution in [3.8, 4) is 0 Å². The molecule has 0 aromatic rings. The molecular formula is C11H24O. The van der Waals surface area contributed by atoms with Crippen LogP contribution in [0.3, 0.4) is 0 Å². The maximum Gasteiger partial charge on any atom is 0.0464 e. The van der Waals surface area contributed by atoms with E-state index in [4.69, 9.17) is 4.74 Å². The monoisotopic (exact) mass is 172 g/mol. The molecule has 0 saturated carbocycles. The number of unbranched alkanes of at least 4 members (excludes halogenated alkanes) is 1. The third-order valence-electron chi connectivity index (χ3n) is 2.39. The molecule has 0 aromatic carbocycles. The molecule has 0 bridgehead atoms. The molecule has 0 rings (SSSR count). The van der Waals surface area contributed by atoms with Crippen LogP contribution >= 0.6 is 0 Å². The first-order chi connectivity index (χ1) is 5.85. The van der Waals surface area contributed by atoms with Crippen LogP contribution in [0.15, 0.2) is 0 Å². The standard InChI is InChI=1S/C11H24O/c1-4-6-8-11(7-5-2)9-10-12-3/h11H,4-10H2,1-3H3. The Morgan fingerprint density at radius 1 is 1.00 bits per heavy atom. The van der Waals surface area contributed by atoms with Crippen LogP contribution in [0, 0.1) is 5.92 Å². The van der Waals surface area contributed by atoms with Gasteiger partial charge in [0, 0.05) is 13.7 Å². The van der Waals surface area contributed by atoms with Crippen LogP contribution in [-0.4, -0.2) is 13.7 Å². The minimum atomic E-state index is 0.912. The first-order valence-electron chi connectivity index (χ1n) is 5.34. The second-order valence-corrected chi connectivity index (χ2v) is 3.58. The molecule has 74 valence electrons. The van der Waals surface area contributed by atoms with Gasteiger partial charge in [0.05, 0.1) is 0 Å². The lowest BCUT2D eigenvalue weighted by molar-refractivity contribution is 0.171. The maximum atomic E-state index is 5.10. The summed E-state index contributed by atoms with van der Waals surface area (Å²) in [6, 6.07) is 0. The Morgan fingerprint density at radius 3 is 2.25 bits per heavy atom. The van der Waals surface area contributed by atoms with Crippen molar-refractivity contribution >= 4 is 0 Å². The van der Waals surface area contributed by atoms with Crippen LogP contribution in [0.1, 0.15) is 52.4 Å². The number of methoxy groups -OCH3 is 1. The van der Waals surface area contributed by atoms with Crippen molar-refractivity contribution in [3.63, 3.8) is 0 Å². The first-order valence-corrected chi connectivity index (χ1v) is 5.34. The molecule has 0 spiro atoms. The summed E-state index contributed by atoms with van der Waals surface area (Å²) in [5.74, 6) is 0.912. The van der Waals surface area contributed by atoms with Crippen LogP contribution in [-0.2, 0) is 4.74 Å². The van der Waals surface area contributed by atoms with Gasteiger partial charge in [-0.15, -0.1) is 0 Å². The van der Waals surface area contributed by atoms with Gasteiger partial charge in [-0.2, -0.15) is 0 Å². The van der Waals surface area contributed by atoms with E-state index in [1.54, 1.807) is 7.11 Å². The highest BCUT2D eigenvalue weighted by Gasteiger charge is 2.05.